The van der Waals surface area contributed by atoms with Gasteiger partial charge in [0.1, 0.15) is 0 Å². The molecule has 1 fully saturated rings. The van der Waals surface area contributed by atoms with Crippen LogP contribution in [0.4, 0.5) is 13.2 Å². The Bertz CT molecular complexity index is 529. The molecule has 0 saturated carbocycles. The van der Waals surface area contributed by atoms with E-state index in [9.17, 15) is 18.0 Å². The molecule has 0 aromatic heterocycles. The van der Waals surface area contributed by atoms with E-state index < -0.39 is 11.7 Å². The molecule has 1 heterocycles. The maximum absolute atomic E-state index is 12.5. The lowest BCUT2D eigenvalue weighted by Gasteiger charge is -2.29. The Balaban J connectivity index is 0.00000288. The van der Waals surface area contributed by atoms with E-state index in [1.807, 2.05) is 0 Å². The maximum Gasteiger partial charge on any atom is 0.416 e. The van der Waals surface area contributed by atoms with Gasteiger partial charge in [-0.2, -0.15) is 13.2 Å². The quantitative estimate of drug-likeness (QED) is 0.813. The summed E-state index contributed by atoms with van der Waals surface area (Å²) in [6.45, 7) is 1.84. The van der Waals surface area contributed by atoms with E-state index in [1.54, 1.807) is 7.11 Å². The van der Waals surface area contributed by atoms with Crippen molar-refractivity contribution < 1.29 is 22.7 Å². The number of halogens is 4. The summed E-state index contributed by atoms with van der Waals surface area (Å²) in [4.78, 5) is 12.0. The number of carbonyl (C=O) groups excluding carboxylic acids is 1. The van der Waals surface area contributed by atoms with Gasteiger partial charge in [0.2, 0.25) is 5.91 Å². The summed E-state index contributed by atoms with van der Waals surface area (Å²) in [5.41, 5.74) is -0.406. The van der Waals surface area contributed by atoms with Crippen molar-refractivity contribution >= 4 is 18.3 Å². The average Bonchev–Trinajstić information content (AvgIpc) is 2.94. The van der Waals surface area contributed by atoms with Gasteiger partial charge in [0, 0.05) is 13.7 Å². The minimum atomic E-state index is -4.36. The summed E-state index contributed by atoms with van der Waals surface area (Å²) in [5.74, 6) is -0.214. The fraction of sp³-hybridized carbons (Fsp3) is 0.562. The molecule has 1 aromatic rings. The summed E-state index contributed by atoms with van der Waals surface area (Å²) < 4.78 is 42.7. The van der Waals surface area contributed by atoms with Crippen molar-refractivity contribution in [2.24, 2.45) is 0 Å². The highest BCUT2D eigenvalue weighted by molar-refractivity contribution is 5.85. The van der Waals surface area contributed by atoms with Gasteiger partial charge >= 0.3 is 6.18 Å². The third-order valence-corrected chi connectivity index (χ3v) is 4.02. The smallest absolute Gasteiger partial charge is 0.383 e. The Morgan fingerprint density at radius 1 is 1.33 bits per heavy atom. The van der Waals surface area contributed by atoms with Gasteiger partial charge in [0.15, 0.2) is 0 Å². The first-order chi connectivity index (χ1) is 10.8. The van der Waals surface area contributed by atoms with E-state index in [2.05, 4.69) is 10.6 Å². The molecular formula is C16H22ClF3N2O2. The van der Waals surface area contributed by atoms with Crippen molar-refractivity contribution in [2.45, 2.75) is 31.0 Å². The van der Waals surface area contributed by atoms with E-state index in [1.165, 1.54) is 12.1 Å². The van der Waals surface area contributed by atoms with Crippen LogP contribution in [0.3, 0.4) is 0 Å². The molecule has 1 atom stereocenters. The molecule has 1 aliphatic heterocycles. The molecule has 0 aliphatic carbocycles. The van der Waals surface area contributed by atoms with Crippen molar-refractivity contribution in [2.75, 3.05) is 26.8 Å². The van der Waals surface area contributed by atoms with Gasteiger partial charge in [-0.1, -0.05) is 12.1 Å². The molecule has 1 aromatic carbocycles. The van der Waals surface area contributed by atoms with Gasteiger partial charge in [-0.25, -0.2) is 0 Å². The van der Waals surface area contributed by atoms with E-state index in [0.717, 1.165) is 31.5 Å². The third kappa shape index (κ3) is 5.65. The lowest BCUT2D eigenvalue weighted by atomic mass is 9.98. The molecular weight excluding hydrogens is 345 g/mol. The average molecular weight is 367 g/mol. The molecule has 2 rings (SSSR count). The first-order valence-corrected chi connectivity index (χ1v) is 7.51. The van der Waals surface area contributed by atoms with Crippen molar-refractivity contribution in [3.8, 4) is 0 Å². The zero-order valence-electron chi connectivity index (χ0n) is 13.4. The van der Waals surface area contributed by atoms with Crippen LogP contribution in [0.15, 0.2) is 24.3 Å². The van der Waals surface area contributed by atoms with Crippen LogP contribution in [0.5, 0.6) is 0 Å². The Morgan fingerprint density at radius 3 is 2.50 bits per heavy atom. The van der Waals surface area contributed by atoms with Gasteiger partial charge in [0.05, 0.1) is 24.1 Å². The van der Waals surface area contributed by atoms with Crippen LogP contribution in [0.25, 0.3) is 0 Å². The number of ether oxygens (including phenoxy) is 1. The molecule has 0 spiro atoms. The fourth-order valence-electron chi connectivity index (χ4n) is 2.80. The first kappa shape index (κ1) is 20.7. The van der Waals surface area contributed by atoms with Crippen molar-refractivity contribution in [1.82, 2.24) is 10.6 Å². The number of alkyl halides is 3. The number of nitrogens with one attached hydrogen (secondary N) is 2. The molecule has 1 unspecified atom stereocenters. The van der Waals surface area contributed by atoms with Crippen molar-refractivity contribution in [1.29, 1.82) is 0 Å². The molecule has 136 valence electrons. The summed E-state index contributed by atoms with van der Waals surface area (Å²) in [7, 11) is 1.62. The van der Waals surface area contributed by atoms with Gasteiger partial charge in [-0.3, -0.25) is 4.79 Å². The summed E-state index contributed by atoms with van der Waals surface area (Å²) in [6, 6.07) is 4.66. The molecule has 0 radical (unpaired) electrons. The molecule has 24 heavy (non-hydrogen) atoms. The molecule has 0 bridgehead atoms. The van der Waals surface area contributed by atoms with E-state index in [0.29, 0.717) is 18.7 Å². The van der Waals surface area contributed by atoms with E-state index in [4.69, 9.17) is 4.74 Å². The molecule has 1 saturated heterocycles. The van der Waals surface area contributed by atoms with Crippen molar-refractivity contribution in [3.63, 3.8) is 0 Å². The number of methoxy groups -OCH3 is 1. The van der Waals surface area contributed by atoms with Crippen molar-refractivity contribution in [3.05, 3.63) is 35.4 Å². The van der Waals surface area contributed by atoms with Crippen LogP contribution in [0.2, 0.25) is 0 Å². The number of rotatable bonds is 6. The van der Waals surface area contributed by atoms with Crippen LogP contribution in [-0.4, -0.2) is 38.3 Å². The van der Waals surface area contributed by atoms with E-state index in [-0.39, 0.29) is 30.3 Å². The molecule has 2 N–H and O–H groups in total. The largest absolute Gasteiger partial charge is 0.416 e. The number of carbonyl (C=O) groups is 1. The lowest BCUT2D eigenvalue weighted by Crippen LogP contribution is -2.53. The fourth-order valence-corrected chi connectivity index (χ4v) is 2.80. The topological polar surface area (TPSA) is 50.4 Å². The van der Waals surface area contributed by atoms with Crippen LogP contribution in [0.1, 0.15) is 24.0 Å². The zero-order chi connectivity index (χ0) is 16.9. The van der Waals surface area contributed by atoms with Gasteiger partial charge in [-0.05, 0) is 37.1 Å². The zero-order valence-corrected chi connectivity index (χ0v) is 14.2. The maximum atomic E-state index is 12.5. The van der Waals surface area contributed by atoms with Gasteiger partial charge < -0.3 is 15.4 Å². The molecule has 8 heteroatoms. The molecule has 1 amide bonds. The monoisotopic (exact) mass is 366 g/mol. The second-order valence-corrected chi connectivity index (χ2v) is 5.89. The Hall–Kier alpha value is -1.31. The highest BCUT2D eigenvalue weighted by atomic mass is 35.5. The normalized spacial score (nSPS) is 20.5. The standard InChI is InChI=1S/C16H21F3N2O2.ClH/c1-23-11-15(7-2-8-21-15)10-20-14(22)9-12-3-5-13(6-4-12)16(17,18)19;/h3-6,21H,2,7-11H2,1H3,(H,20,22);1H. The number of amides is 1. The van der Waals surface area contributed by atoms with Crippen LogP contribution in [-0.2, 0) is 22.1 Å². The van der Waals surface area contributed by atoms with Crippen LogP contribution >= 0.6 is 12.4 Å². The summed E-state index contributed by atoms with van der Waals surface area (Å²) >= 11 is 0. The first-order valence-electron chi connectivity index (χ1n) is 7.51. The Morgan fingerprint density at radius 2 is 2.00 bits per heavy atom. The Labute approximate surface area is 145 Å². The predicted molar refractivity (Wildman–Crippen MR) is 87.2 cm³/mol. The van der Waals surface area contributed by atoms with Crippen LogP contribution < -0.4 is 10.6 Å². The second-order valence-electron chi connectivity index (χ2n) is 5.89. The van der Waals surface area contributed by atoms with Gasteiger partial charge in [0.25, 0.3) is 0 Å². The predicted octanol–water partition coefficient (Wildman–Crippen LogP) is 2.55. The SMILES string of the molecule is COCC1(CNC(=O)Cc2ccc(C(F)(F)F)cc2)CCCN1.Cl. The third-order valence-electron chi connectivity index (χ3n) is 4.02. The van der Waals surface area contributed by atoms with E-state index >= 15 is 0 Å². The minimum absolute atomic E-state index is 0. The Kier molecular flexibility index (Phi) is 7.51. The molecule has 1 aliphatic rings. The highest BCUT2D eigenvalue weighted by Gasteiger charge is 2.33. The van der Waals surface area contributed by atoms with Crippen LogP contribution in [0, 0.1) is 0 Å². The molecule has 4 nitrogen and oxygen atoms in total. The second kappa shape index (κ2) is 8.69. The summed E-state index contributed by atoms with van der Waals surface area (Å²) in [5, 5.41) is 6.19. The number of hydrogen-bond donors (Lipinski definition) is 2. The summed E-state index contributed by atoms with van der Waals surface area (Å²) in [6.07, 6.45) is -2.36. The minimum Gasteiger partial charge on any atom is -0.383 e. The highest BCUT2D eigenvalue weighted by Crippen LogP contribution is 2.29. The lowest BCUT2D eigenvalue weighted by molar-refractivity contribution is -0.137. The number of hydrogen-bond acceptors (Lipinski definition) is 3. The number of benzene rings is 1. The van der Waals surface area contributed by atoms with Gasteiger partial charge in [-0.15, -0.1) is 12.4 Å².